The van der Waals surface area contributed by atoms with E-state index in [1.165, 1.54) is 12.1 Å². The third-order valence-electron chi connectivity index (χ3n) is 5.36. The number of aromatic nitrogens is 3. The molecule has 30 heavy (non-hydrogen) atoms. The van der Waals surface area contributed by atoms with E-state index < -0.39 is 5.82 Å². The monoisotopic (exact) mass is 466 g/mol. The van der Waals surface area contributed by atoms with Crippen LogP contribution in [0.1, 0.15) is 21.6 Å². The fourth-order valence-electron chi connectivity index (χ4n) is 3.90. The number of halogens is 2. The molecule has 0 saturated heterocycles. The molecule has 150 valence electrons. The lowest BCUT2D eigenvalue weighted by Gasteiger charge is -2.29. The van der Waals surface area contributed by atoms with Gasteiger partial charge in [0, 0.05) is 23.7 Å². The van der Waals surface area contributed by atoms with E-state index in [4.69, 9.17) is 0 Å². The van der Waals surface area contributed by atoms with Crippen molar-refractivity contribution < 1.29 is 9.18 Å². The van der Waals surface area contributed by atoms with E-state index in [1.54, 1.807) is 32.3 Å². The molecular formula is C22H16BrFN4O2. The molecule has 0 fully saturated rings. The summed E-state index contributed by atoms with van der Waals surface area (Å²) >= 11 is 3.10. The first-order chi connectivity index (χ1) is 14.5. The first kappa shape index (κ1) is 18.7. The van der Waals surface area contributed by atoms with Gasteiger partial charge < -0.3 is 4.90 Å². The van der Waals surface area contributed by atoms with Gasteiger partial charge in [0.05, 0.1) is 28.6 Å². The highest BCUT2D eigenvalue weighted by Crippen LogP contribution is 2.23. The Morgan fingerprint density at radius 1 is 1.10 bits per heavy atom. The van der Waals surface area contributed by atoms with Crippen LogP contribution in [-0.2, 0) is 13.0 Å². The van der Waals surface area contributed by atoms with Crippen LogP contribution in [0.5, 0.6) is 0 Å². The third-order valence-corrected chi connectivity index (χ3v) is 6.00. The molecule has 0 unspecified atom stereocenters. The van der Waals surface area contributed by atoms with Gasteiger partial charge in [-0.05, 0) is 52.7 Å². The van der Waals surface area contributed by atoms with E-state index in [1.807, 2.05) is 30.3 Å². The second kappa shape index (κ2) is 7.21. The smallest absolute Gasteiger partial charge is 0.261 e. The molecule has 6 nitrogen and oxygen atoms in total. The van der Waals surface area contributed by atoms with E-state index in [0.29, 0.717) is 34.3 Å². The van der Waals surface area contributed by atoms with E-state index >= 15 is 0 Å². The maximum absolute atomic E-state index is 13.9. The van der Waals surface area contributed by atoms with Crippen LogP contribution in [0.3, 0.4) is 0 Å². The molecule has 0 spiro atoms. The minimum absolute atomic E-state index is 0.106. The molecule has 0 N–H and O–H groups in total. The molecule has 1 aliphatic rings. The van der Waals surface area contributed by atoms with Gasteiger partial charge in [-0.3, -0.25) is 14.2 Å². The lowest BCUT2D eigenvalue weighted by atomic mass is 10.0. The number of fused-ring (bicyclic) bond motifs is 3. The van der Waals surface area contributed by atoms with Crippen LogP contribution >= 0.6 is 15.9 Å². The number of carbonyl (C=O) groups is 1. The van der Waals surface area contributed by atoms with Crippen molar-refractivity contribution in [2.24, 2.45) is 0 Å². The first-order valence-corrected chi connectivity index (χ1v) is 10.2. The lowest BCUT2D eigenvalue weighted by Crippen LogP contribution is -2.41. The summed E-state index contributed by atoms with van der Waals surface area (Å²) in [7, 11) is 0. The van der Waals surface area contributed by atoms with Gasteiger partial charge in [0.2, 0.25) is 0 Å². The summed E-state index contributed by atoms with van der Waals surface area (Å²) in [6.07, 6.45) is 2.04. The summed E-state index contributed by atoms with van der Waals surface area (Å²) in [4.78, 5) is 27.9. The van der Waals surface area contributed by atoms with Crippen LogP contribution in [-0.4, -0.2) is 31.5 Å². The Morgan fingerprint density at radius 3 is 2.67 bits per heavy atom. The van der Waals surface area contributed by atoms with Crippen LogP contribution in [0.4, 0.5) is 4.39 Å². The Labute approximate surface area is 179 Å². The number of nitrogens with zero attached hydrogens (tertiary/aromatic N) is 4. The standard InChI is InChI=1S/C22H16BrFN4O2/c23-17-7-6-14(12-18(17)24)21(29)26-11-9-16-19(13-26)28-20(8-10-25-28)27(22(16)30)15-4-2-1-3-5-15/h1-8,10,12H,9,11,13H2. The van der Waals surface area contributed by atoms with Crippen molar-refractivity contribution in [3.63, 3.8) is 0 Å². The van der Waals surface area contributed by atoms with Gasteiger partial charge in [0.25, 0.3) is 11.5 Å². The van der Waals surface area contributed by atoms with Crippen LogP contribution in [0.25, 0.3) is 11.3 Å². The maximum Gasteiger partial charge on any atom is 0.261 e. The van der Waals surface area contributed by atoms with Crippen LogP contribution in [0, 0.1) is 5.82 Å². The van der Waals surface area contributed by atoms with Crippen molar-refractivity contribution in [1.29, 1.82) is 0 Å². The van der Waals surface area contributed by atoms with E-state index in [-0.39, 0.29) is 23.6 Å². The van der Waals surface area contributed by atoms with E-state index in [0.717, 1.165) is 5.69 Å². The van der Waals surface area contributed by atoms with Crippen molar-refractivity contribution in [3.05, 3.63) is 98.3 Å². The molecule has 2 aromatic carbocycles. The molecule has 4 aromatic rings. The number of hydrogen-bond acceptors (Lipinski definition) is 3. The van der Waals surface area contributed by atoms with Crippen molar-refractivity contribution in [2.75, 3.05) is 6.54 Å². The fraction of sp³-hybridized carbons (Fsp3) is 0.136. The molecule has 3 heterocycles. The van der Waals surface area contributed by atoms with Crippen LogP contribution in [0.2, 0.25) is 0 Å². The van der Waals surface area contributed by atoms with Gasteiger partial charge in [-0.15, -0.1) is 0 Å². The highest BCUT2D eigenvalue weighted by Gasteiger charge is 2.28. The average molecular weight is 467 g/mol. The second-order valence-electron chi connectivity index (χ2n) is 7.11. The van der Waals surface area contributed by atoms with Crippen molar-refractivity contribution in [2.45, 2.75) is 13.0 Å². The lowest BCUT2D eigenvalue weighted by molar-refractivity contribution is 0.0729. The molecule has 8 heteroatoms. The number of para-hydroxylation sites is 1. The third kappa shape index (κ3) is 2.95. The van der Waals surface area contributed by atoms with Gasteiger partial charge in [0.1, 0.15) is 11.5 Å². The Morgan fingerprint density at radius 2 is 1.90 bits per heavy atom. The predicted molar refractivity (Wildman–Crippen MR) is 113 cm³/mol. The van der Waals surface area contributed by atoms with Gasteiger partial charge in [0.15, 0.2) is 0 Å². The Bertz CT molecular complexity index is 1350. The molecule has 1 amide bonds. The second-order valence-corrected chi connectivity index (χ2v) is 7.96. The molecular weight excluding hydrogens is 451 g/mol. The normalized spacial score (nSPS) is 13.5. The molecule has 1 aliphatic heterocycles. The van der Waals surface area contributed by atoms with Crippen molar-refractivity contribution in [1.82, 2.24) is 19.1 Å². The number of hydrogen-bond donors (Lipinski definition) is 0. The molecule has 5 rings (SSSR count). The topological polar surface area (TPSA) is 59.6 Å². The zero-order valence-corrected chi connectivity index (χ0v) is 17.3. The van der Waals surface area contributed by atoms with Crippen molar-refractivity contribution in [3.8, 4) is 5.69 Å². The van der Waals surface area contributed by atoms with E-state index in [9.17, 15) is 14.0 Å². The average Bonchev–Trinajstić information content (AvgIpc) is 3.25. The summed E-state index contributed by atoms with van der Waals surface area (Å²) in [6.45, 7) is 0.606. The van der Waals surface area contributed by atoms with Crippen molar-refractivity contribution >= 4 is 27.5 Å². The van der Waals surface area contributed by atoms with Crippen LogP contribution in [0.15, 0.2) is 70.1 Å². The van der Waals surface area contributed by atoms with Gasteiger partial charge in [-0.25, -0.2) is 8.91 Å². The number of benzene rings is 2. The molecule has 0 bridgehead atoms. The summed E-state index contributed by atoms with van der Waals surface area (Å²) in [6, 6.07) is 15.5. The first-order valence-electron chi connectivity index (χ1n) is 9.45. The van der Waals surface area contributed by atoms with Gasteiger partial charge in [-0.1, -0.05) is 18.2 Å². The highest BCUT2D eigenvalue weighted by atomic mass is 79.9. The molecule has 0 saturated carbocycles. The molecule has 0 aliphatic carbocycles. The molecule has 2 aromatic heterocycles. The number of rotatable bonds is 2. The highest BCUT2D eigenvalue weighted by molar-refractivity contribution is 9.10. The minimum Gasteiger partial charge on any atom is -0.332 e. The summed E-state index contributed by atoms with van der Waals surface area (Å²) in [5.41, 5.74) is 2.89. The van der Waals surface area contributed by atoms with Gasteiger partial charge >= 0.3 is 0 Å². The Balaban J connectivity index is 1.59. The Hall–Kier alpha value is -3.26. The maximum atomic E-state index is 13.9. The SMILES string of the molecule is O=C(c1ccc(Br)c(F)c1)N1CCc2c(n3nccc3n(-c3ccccc3)c2=O)C1. The summed E-state index contributed by atoms with van der Waals surface area (Å²) in [5.74, 6) is -0.766. The predicted octanol–water partition coefficient (Wildman–Crippen LogP) is 3.59. The molecule has 0 radical (unpaired) electrons. The largest absolute Gasteiger partial charge is 0.332 e. The van der Waals surface area contributed by atoms with E-state index in [2.05, 4.69) is 21.0 Å². The fourth-order valence-corrected chi connectivity index (χ4v) is 4.14. The minimum atomic E-state index is -0.488. The Kier molecular flexibility index (Phi) is 4.51. The quantitative estimate of drug-likeness (QED) is 0.453. The number of carbonyl (C=O) groups excluding carboxylic acids is 1. The zero-order chi connectivity index (χ0) is 20.8. The summed E-state index contributed by atoms with van der Waals surface area (Å²) < 4.78 is 17.6. The van der Waals surface area contributed by atoms with Crippen LogP contribution < -0.4 is 5.56 Å². The zero-order valence-electron chi connectivity index (χ0n) is 15.8. The number of amides is 1. The summed E-state index contributed by atoms with van der Waals surface area (Å²) in [5, 5.41) is 4.40. The molecule has 0 atom stereocenters. The van der Waals surface area contributed by atoms with Gasteiger partial charge in [-0.2, -0.15) is 5.10 Å².